The summed E-state index contributed by atoms with van der Waals surface area (Å²) in [5.41, 5.74) is 0. The third-order valence-electron chi connectivity index (χ3n) is 10.6. The number of hydrogen-bond acceptors (Lipinski definition) is 6. The van der Waals surface area contributed by atoms with Gasteiger partial charge in [-0.15, -0.1) is 0 Å². The lowest BCUT2D eigenvalue weighted by Gasteiger charge is -2.18. The van der Waals surface area contributed by atoms with E-state index >= 15 is 0 Å². The molecule has 0 aromatic heterocycles. The minimum absolute atomic E-state index is 0.143. The predicted molar refractivity (Wildman–Crippen MR) is 288 cm³/mol. The average molecular weight is 925 g/mol. The van der Waals surface area contributed by atoms with Gasteiger partial charge in [-0.05, 0) is 116 Å². The molecule has 0 aliphatic rings. The van der Waals surface area contributed by atoms with Crippen LogP contribution in [-0.4, -0.2) is 37.2 Å². The van der Waals surface area contributed by atoms with Crippen LogP contribution in [0.1, 0.15) is 213 Å². The summed E-state index contributed by atoms with van der Waals surface area (Å²) in [5.74, 6) is -1.12. The summed E-state index contributed by atoms with van der Waals surface area (Å²) in [5, 5.41) is 0. The molecule has 0 spiro atoms. The van der Waals surface area contributed by atoms with Crippen molar-refractivity contribution in [3.05, 3.63) is 134 Å². The van der Waals surface area contributed by atoms with Crippen LogP contribution < -0.4 is 0 Å². The van der Waals surface area contributed by atoms with Crippen molar-refractivity contribution in [2.75, 3.05) is 13.2 Å². The highest BCUT2D eigenvalue weighted by Gasteiger charge is 2.19. The van der Waals surface area contributed by atoms with Crippen LogP contribution in [0.5, 0.6) is 0 Å². The van der Waals surface area contributed by atoms with Gasteiger partial charge >= 0.3 is 17.9 Å². The highest BCUT2D eigenvalue weighted by Crippen LogP contribution is 2.11. The maximum Gasteiger partial charge on any atom is 0.306 e. The molecular weight excluding hydrogens is 829 g/mol. The number of unbranched alkanes of at least 4 members (excludes halogenated alkanes) is 14. The second kappa shape index (κ2) is 54.2. The molecule has 0 aliphatic heterocycles. The maximum atomic E-state index is 12.8. The molecule has 0 fully saturated rings. The molecule has 6 nitrogen and oxygen atoms in total. The number of ether oxygens (including phenoxy) is 3. The van der Waals surface area contributed by atoms with Crippen molar-refractivity contribution in [3.8, 4) is 0 Å². The molecule has 0 amide bonds. The van der Waals surface area contributed by atoms with Crippen molar-refractivity contribution in [2.45, 2.75) is 219 Å². The Morgan fingerprint density at radius 1 is 0.328 bits per heavy atom. The Morgan fingerprint density at radius 3 is 1.15 bits per heavy atom. The number of esters is 3. The smallest absolute Gasteiger partial charge is 0.306 e. The molecule has 6 heteroatoms. The summed E-state index contributed by atoms with van der Waals surface area (Å²) in [4.78, 5) is 38.0. The van der Waals surface area contributed by atoms with Gasteiger partial charge in [-0.2, -0.15) is 0 Å². The minimum atomic E-state index is -0.855. The maximum absolute atomic E-state index is 12.8. The lowest BCUT2D eigenvalue weighted by atomic mass is 10.1. The van der Waals surface area contributed by atoms with Crippen LogP contribution in [0.3, 0.4) is 0 Å². The van der Waals surface area contributed by atoms with Crippen LogP contribution in [-0.2, 0) is 28.6 Å². The van der Waals surface area contributed by atoms with Gasteiger partial charge in [0, 0.05) is 19.3 Å². The first-order valence-electron chi connectivity index (χ1n) is 26.7. The molecule has 376 valence electrons. The topological polar surface area (TPSA) is 78.9 Å². The Labute approximate surface area is 411 Å². The normalized spacial score (nSPS) is 13.2. The molecule has 0 saturated carbocycles. The Balaban J connectivity index is 4.65. The van der Waals surface area contributed by atoms with Crippen LogP contribution in [0, 0.1) is 0 Å². The molecule has 0 N–H and O–H groups in total. The summed E-state index contributed by atoms with van der Waals surface area (Å²) >= 11 is 0. The number of rotatable bonds is 46. The van der Waals surface area contributed by atoms with E-state index in [2.05, 4.69) is 142 Å². The van der Waals surface area contributed by atoms with E-state index in [1.54, 1.807) is 0 Å². The molecule has 0 aliphatic carbocycles. The standard InChI is InChI=1S/C61H96O6/c1-4-7-10-13-16-19-22-25-28-31-34-36-39-42-45-48-51-54-60(63)66-57-58(67-61(64)55-52-49-46-43-40-37-33-30-27-24-21-18-15-12-9-6-3)56-65-59(62)53-50-47-44-41-38-35-32-29-26-23-20-17-14-11-8-5-2/h9,12,16,18-19,21,25,27-30,32,34-38,40,42,45-46,49,58H,4-8,10-11,13-15,17,20,22-24,26,31,33,39,41,43-44,47-48,50-57H2,1-3H3/b12-9-,19-16-,21-18-,28-25-,30-27-,32-29-,36-34-,38-35-,40-37-,45-42-,49-46-. The highest BCUT2D eigenvalue weighted by atomic mass is 16.6. The van der Waals surface area contributed by atoms with E-state index in [1.807, 2.05) is 12.2 Å². The molecule has 0 rings (SSSR count). The van der Waals surface area contributed by atoms with E-state index in [0.717, 1.165) is 89.9 Å². The Hall–Kier alpha value is -4.45. The summed E-state index contributed by atoms with van der Waals surface area (Å²) < 4.78 is 16.7. The van der Waals surface area contributed by atoms with E-state index in [9.17, 15) is 14.4 Å². The first-order valence-corrected chi connectivity index (χ1v) is 26.7. The van der Waals surface area contributed by atoms with Gasteiger partial charge in [-0.1, -0.05) is 212 Å². The summed E-state index contributed by atoms with van der Waals surface area (Å²) in [6.45, 7) is 6.34. The number of carbonyl (C=O) groups is 3. The highest BCUT2D eigenvalue weighted by molar-refractivity contribution is 5.71. The molecule has 0 aromatic rings. The summed E-state index contributed by atoms with van der Waals surface area (Å²) in [7, 11) is 0. The molecular formula is C61H96O6. The lowest BCUT2D eigenvalue weighted by molar-refractivity contribution is -0.166. The van der Waals surface area contributed by atoms with E-state index in [-0.39, 0.29) is 38.0 Å². The fourth-order valence-electron chi connectivity index (χ4n) is 6.65. The van der Waals surface area contributed by atoms with Gasteiger partial charge in [-0.25, -0.2) is 0 Å². The zero-order valence-corrected chi connectivity index (χ0v) is 42.9. The first-order chi connectivity index (χ1) is 33.0. The molecule has 0 bridgehead atoms. The molecule has 0 heterocycles. The van der Waals surface area contributed by atoms with Crippen molar-refractivity contribution < 1.29 is 28.6 Å². The van der Waals surface area contributed by atoms with Gasteiger partial charge in [0.2, 0.25) is 0 Å². The third kappa shape index (κ3) is 52.4. The van der Waals surface area contributed by atoms with Crippen LogP contribution >= 0.6 is 0 Å². The molecule has 0 aromatic carbocycles. The van der Waals surface area contributed by atoms with E-state index in [0.29, 0.717) is 19.3 Å². The van der Waals surface area contributed by atoms with Crippen molar-refractivity contribution in [1.82, 2.24) is 0 Å². The van der Waals surface area contributed by atoms with Gasteiger partial charge in [0.05, 0.1) is 0 Å². The van der Waals surface area contributed by atoms with Gasteiger partial charge in [0.25, 0.3) is 0 Å². The zero-order valence-electron chi connectivity index (χ0n) is 42.9. The molecule has 67 heavy (non-hydrogen) atoms. The van der Waals surface area contributed by atoms with Crippen molar-refractivity contribution in [1.29, 1.82) is 0 Å². The van der Waals surface area contributed by atoms with Crippen LogP contribution in [0.2, 0.25) is 0 Å². The van der Waals surface area contributed by atoms with E-state index in [1.165, 1.54) is 70.6 Å². The molecule has 0 radical (unpaired) electrons. The third-order valence-corrected chi connectivity index (χ3v) is 10.6. The Kier molecular flexibility index (Phi) is 50.6. The molecule has 1 unspecified atom stereocenters. The lowest BCUT2D eigenvalue weighted by Crippen LogP contribution is -2.30. The summed E-state index contributed by atoms with van der Waals surface area (Å²) in [6, 6.07) is 0. The van der Waals surface area contributed by atoms with E-state index < -0.39 is 12.1 Å². The number of hydrogen-bond donors (Lipinski definition) is 0. The second-order valence-electron chi connectivity index (χ2n) is 17.1. The molecule has 0 saturated heterocycles. The van der Waals surface area contributed by atoms with Crippen molar-refractivity contribution in [2.24, 2.45) is 0 Å². The van der Waals surface area contributed by atoms with Crippen molar-refractivity contribution in [3.63, 3.8) is 0 Å². The first kappa shape index (κ1) is 62.5. The predicted octanol–water partition coefficient (Wildman–Crippen LogP) is 17.9. The number of carbonyl (C=O) groups excluding carboxylic acids is 3. The minimum Gasteiger partial charge on any atom is -0.462 e. The Morgan fingerprint density at radius 2 is 0.672 bits per heavy atom. The van der Waals surface area contributed by atoms with Crippen LogP contribution in [0.25, 0.3) is 0 Å². The second-order valence-corrected chi connectivity index (χ2v) is 17.1. The van der Waals surface area contributed by atoms with Crippen molar-refractivity contribution >= 4 is 17.9 Å². The van der Waals surface area contributed by atoms with Gasteiger partial charge in [-0.3, -0.25) is 14.4 Å². The Bertz CT molecular complexity index is 1480. The monoisotopic (exact) mass is 925 g/mol. The van der Waals surface area contributed by atoms with E-state index in [4.69, 9.17) is 14.2 Å². The van der Waals surface area contributed by atoms with Gasteiger partial charge < -0.3 is 14.2 Å². The van der Waals surface area contributed by atoms with Gasteiger partial charge in [0.15, 0.2) is 6.10 Å². The zero-order chi connectivity index (χ0) is 48.6. The fourth-order valence-corrected chi connectivity index (χ4v) is 6.65. The average Bonchev–Trinajstić information content (AvgIpc) is 3.33. The van der Waals surface area contributed by atoms with Crippen LogP contribution in [0.15, 0.2) is 134 Å². The quantitative estimate of drug-likeness (QED) is 0.0199. The number of allylic oxidation sites excluding steroid dienone is 22. The molecule has 1 atom stereocenters. The fraction of sp³-hybridized carbons (Fsp3) is 0.590. The van der Waals surface area contributed by atoms with Crippen LogP contribution in [0.4, 0.5) is 0 Å². The van der Waals surface area contributed by atoms with Gasteiger partial charge in [0.1, 0.15) is 13.2 Å². The largest absolute Gasteiger partial charge is 0.462 e. The SMILES string of the molecule is CC/C=C\C/C=C\C/C=C\C/C=C\C/C=C\CCC(=O)OC(COC(=O)CCC/C=C\C/C=C\C/C=C\C/C=C\CCCCC)COC(=O)CCCCC/C=C\C=C/CCCCCCCCC. The summed E-state index contributed by atoms with van der Waals surface area (Å²) in [6.07, 6.45) is 76.0.